The second-order valence-corrected chi connectivity index (χ2v) is 3.18. The van der Waals surface area contributed by atoms with Crippen molar-refractivity contribution in [3.05, 3.63) is 0 Å². The van der Waals surface area contributed by atoms with Gasteiger partial charge >= 0.3 is 5.97 Å². The summed E-state index contributed by atoms with van der Waals surface area (Å²) in [4.78, 5) is 10.0. The average Bonchev–Trinajstić information content (AvgIpc) is 1.85. The van der Waals surface area contributed by atoms with Crippen LogP contribution in [0.3, 0.4) is 0 Å². The lowest BCUT2D eigenvalue weighted by molar-refractivity contribution is -0.136. The molecule has 0 aromatic heterocycles. The molecule has 5 heteroatoms. The summed E-state index contributed by atoms with van der Waals surface area (Å²) in [5.74, 6) is -0.265. The van der Waals surface area contributed by atoms with Gasteiger partial charge in [-0.3, -0.25) is 9.52 Å². The molecule has 4 nitrogen and oxygen atoms in total. The van der Waals surface area contributed by atoms with Gasteiger partial charge in [0.15, 0.2) is 0 Å². The van der Waals surface area contributed by atoms with Crippen molar-refractivity contribution in [3.63, 3.8) is 0 Å². The highest BCUT2D eigenvalue weighted by Crippen LogP contribution is 1.96. The highest BCUT2D eigenvalue weighted by molar-refractivity contribution is 7.97. The molecule has 66 valence electrons. The molecule has 0 aromatic carbocycles. The number of carboxylic acids is 1. The Morgan fingerprint density at radius 1 is 1.73 bits per heavy atom. The molecule has 0 radical (unpaired) electrons. The van der Waals surface area contributed by atoms with Crippen LogP contribution in [0.4, 0.5) is 0 Å². The van der Waals surface area contributed by atoms with Crippen LogP contribution in [0.1, 0.15) is 13.3 Å². The van der Waals surface area contributed by atoms with E-state index >= 15 is 0 Å². The van der Waals surface area contributed by atoms with Gasteiger partial charge in [-0.25, -0.2) is 0 Å². The van der Waals surface area contributed by atoms with Gasteiger partial charge in [0.2, 0.25) is 0 Å². The van der Waals surface area contributed by atoms with Crippen LogP contribution in [-0.4, -0.2) is 34.6 Å². The van der Waals surface area contributed by atoms with Crippen LogP contribution in [0.2, 0.25) is 0 Å². The van der Waals surface area contributed by atoms with Crippen LogP contribution in [0, 0.1) is 0 Å². The van der Waals surface area contributed by atoms with Gasteiger partial charge in [0.1, 0.15) is 0 Å². The van der Waals surface area contributed by atoms with Crippen LogP contribution >= 0.6 is 11.9 Å². The van der Waals surface area contributed by atoms with Crippen molar-refractivity contribution in [2.24, 2.45) is 0 Å². The minimum absolute atomic E-state index is 0.150. The molecular weight excluding hydrogens is 166 g/mol. The molecule has 0 rings (SSSR count). The Hall–Kier alpha value is -0.260. The zero-order valence-electron chi connectivity index (χ0n) is 6.41. The van der Waals surface area contributed by atoms with Crippen LogP contribution < -0.4 is 4.72 Å². The van der Waals surface area contributed by atoms with Crippen LogP contribution in [-0.2, 0) is 4.79 Å². The van der Waals surface area contributed by atoms with Crippen molar-refractivity contribution in [1.82, 2.24) is 4.72 Å². The molecule has 0 aliphatic carbocycles. The van der Waals surface area contributed by atoms with Gasteiger partial charge in [0.25, 0.3) is 0 Å². The minimum Gasteiger partial charge on any atom is -0.481 e. The number of rotatable bonds is 6. The van der Waals surface area contributed by atoms with Crippen molar-refractivity contribution < 1.29 is 15.0 Å². The van der Waals surface area contributed by atoms with Crippen molar-refractivity contribution >= 4 is 17.9 Å². The molecular formula is C6H13NO3S. The number of hydrogen-bond donors (Lipinski definition) is 3. The fourth-order valence-electron chi connectivity index (χ4n) is 0.390. The second-order valence-electron chi connectivity index (χ2n) is 2.19. The summed E-state index contributed by atoms with van der Waals surface area (Å²) in [6, 6.07) is 0. The van der Waals surface area contributed by atoms with Crippen LogP contribution in [0.15, 0.2) is 0 Å². The van der Waals surface area contributed by atoms with Gasteiger partial charge in [-0.15, -0.1) is 0 Å². The van der Waals surface area contributed by atoms with Crippen molar-refractivity contribution in [1.29, 1.82) is 0 Å². The van der Waals surface area contributed by atoms with Gasteiger partial charge in [-0.05, 0) is 6.92 Å². The van der Waals surface area contributed by atoms with E-state index in [0.717, 1.165) is 0 Å². The third kappa shape index (κ3) is 9.74. The summed E-state index contributed by atoms with van der Waals surface area (Å²) in [5, 5.41) is 17.0. The second kappa shape index (κ2) is 6.45. The Morgan fingerprint density at radius 3 is 2.82 bits per heavy atom. The molecule has 0 bridgehead atoms. The van der Waals surface area contributed by atoms with E-state index in [-0.39, 0.29) is 12.5 Å². The summed E-state index contributed by atoms with van der Waals surface area (Å²) >= 11 is 1.32. The molecule has 0 fully saturated rings. The highest BCUT2D eigenvalue weighted by atomic mass is 32.2. The molecule has 11 heavy (non-hydrogen) atoms. The Bertz CT molecular complexity index is 118. The maximum atomic E-state index is 10.0. The lowest BCUT2D eigenvalue weighted by Crippen LogP contribution is -2.19. The fourth-order valence-corrected chi connectivity index (χ4v) is 1.17. The molecule has 1 atom stereocenters. The van der Waals surface area contributed by atoms with E-state index in [0.29, 0.717) is 12.3 Å². The molecule has 0 aromatic rings. The maximum absolute atomic E-state index is 10.0. The van der Waals surface area contributed by atoms with E-state index in [4.69, 9.17) is 10.2 Å². The number of aliphatic hydroxyl groups is 1. The van der Waals surface area contributed by atoms with Crippen molar-refractivity contribution in [3.8, 4) is 0 Å². The molecule has 1 unspecified atom stereocenters. The molecule has 0 aliphatic heterocycles. The first-order valence-electron chi connectivity index (χ1n) is 3.37. The van der Waals surface area contributed by atoms with Gasteiger partial charge in [-0.1, -0.05) is 11.9 Å². The van der Waals surface area contributed by atoms with Crippen molar-refractivity contribution in [2.45, 2.75) is 19.4 Å². The zero-order chi connectivity index (χ0) is 8.69. The van der Waals surface area contributed by atoms with E-state index in [1.165, 1.54) is 11.9 Å². The van der Waals surface area contributed by atoms with Gasteiger partial charge in [-0.2, -0.15) is 0 Å². The number of aliphatic hydroxyl groups excluding tert-OH is 1. The van der Waals surface area contributed by atoms with E-state index in [2.05, 4.69) is 4.72 Å². The molecule has 0 saturated heterocycles. The smallest absolute Gasteiger partial charge is 0.304 e. The lowest BCUT2D eigenvalue weighted by atomic mass is 10.4. The Labute approximate surface area is 70.1 Å². The van der Waals surface area contributed by atoms with E-state index in [1.54, 1.807) is 6.92 Å². The summed E-state index contributed by atoms with van der Waals surface area (Å²) in [5.41, 5.74) is 0. The number of nitrogens with one attached hydrogen (secondary N) is 1. The topological polar surface area (TPSA) is 69.6 Å². The van der Waals surface area contributed by atoms with Gasteiger partial charge < -0.3 is 10.2 Å². The fraction of sp³-hybridized carbons (Fsp3) is 0.833. The van der Waals surface area contributed by atoms with Crippen LogP contribution in [0.5, 0.6) is 0 Å². The highest BCUT2D eigenvalue weighted by Gasteiger charge is 1.97. The molecule has 0 heterocycles. The first-order chi connectivity index (χ1) is 5.13. The summed E-state index contributed by atoms with van der Waals surface area (Å²) in [7, 11) is 0. The number of carboxylic acid groups (broad SMARTS) is 1. The third-order valence-corrected chi connectivity index (χ3v) is 1.68. The monoisotopic (exact) mass is 179 g/mol. The quantitative estimate of drug-likeness (QED) is 0.398. The predicted molar refractivity (Wildman–Crippen MR) is 44.4 cm³/mol. The lowest BCUT2D eigenvalue weighted by Gasteiger charge is -2.03. The first kappa shape index (κ1) is 10.7. The average molecular weight is 179 g/mol. The molecule has 0 saturated carbocycles. The largest absolute Gasteiger partial charge is 0.481 e. The van der Waals surface area contributed by atoms with Gasteiger partial charge in [0, 0.05) is 12.3 Å². The van der Waals surface area contributed by atoms with E-state index in [9.17, 15) is 4.79 Å². The molecule has 3 N–H and O–H groups in total. The zero-order valence-corrected chi connectivity index (χ0v) is 7.23. The number of carbonyl (C=O) groups is 1. The van der Waals surface area contributed by atoms with E-state index < -0.39 is 5.97 Å². The standard InChI is InChI=1S/C6H13NO3S/c1-5(8)4-7-11-3-2-6(9)10/h5,7-8H,2-4H2,1H3,(H,9,10). The molecule has 0 amide bonds. The number of hydrogen-bond acceptors (Lipinski definition) is 4. The SMILES string of the molecule is CC(O)CNSCCC(=O)O. The van der Waals surface area contributed by atoms with Crippen molar-refractivity contribution in [2.75, 3.05) is 12.3 Å². The van der Waals surface area contributed by atoms with Gasteiger partial charge in [0.05, 0.1) is 12.5 Å². The summed E-state index contributed by atoms with van der Waals surface area (Å²) < 4.78 is 2.84. The summed E-state index contributed by atoms with van der Waals surface area (Å²) in [6.45, 7) is 2.16. The third-order valence-electron chi connectivity index (χ3n) is 0.899. The molecule has 0 spiro atoms. The Kier molecular flexibility index (Phi) is 6.30. The van der Waals surface area contributed by atoms with E-state index in [1.807, 2.05) is 0 Å². The summed E-state index contributed by atoms with van der Waals surface area (Å²) in [6.07, 6.45) is -0.232. The van der Waals surface area contributed by atoms with Crippen LogP contribution in [0.25, 0.3) is 0 Å². The number of aliphatic carboxylic acids is 1. The molecule has 0 aliphatic rings. The minimum atomic E-state index is -0.795. The predicted octanol–water partition coefficient (Wildman–Crippen LogP) is 0.0797. The Balaban J connectivity index is 2.97. The first-order valence-corrected chi connectivity index (χ1v) is 4.36. The normalized spacial score (nSPS) is 12.9. The maximum Gasteiger partial charge on any atom is 0.304 e. The Morgan fingerprint density at radius 2 is 2.36 bits per heavy atom.